The van der Waals surface area contributed by atoms with Gasteiger partial charge in [0, 0.05) is 29.8 Å². The molecule has 0 aliphatic carbocycles. The van der Waals surface area contributed by atoms with E-state index in [0.29, 0.717) is 18.3 Å². The molecule has 0 bridgehead atoms. The number of rotatable bonds is 0. The fourth-order valence-electron chi connectivity index (χ4n) is 2.15. The summed E-state index contributed by atoms with van der Waals surface area (Å²) in [5.74, 6) is 5.60. The van der Waals surface area contributed by atoms with Gasteiger partial charge in [0.1, 0.15) is 5.60 Å². The number of hydrogen-bond acceptors (Lipinski definition) is 3. The van der Waals surface area contributed by atoms with Crippen LogP contribution in [0.15, 0.2) is 23.2 Å². The lowest BCUT2D eigenvalue weighted by atomic mass is 10.0. The summed E-state index contributed by atoms with van der Waals surface area (Å²) in [7, 11) is 0. The van der Waals surface area contributed by atoms with Gasteiger partial charge >= 0.3 is 0 Å². The maximum atomic E-state index is 11.2. The van der Waals surface area contributed by atoms with E-state index in [1.807, 2.05) is 12.1 Å². The number of aliphatic hydroxyl groups is 1. The van der Waals surface area contributed by atoms with Gasteiger partial charge in [0.05, 0.1) is 5.36 Å². The van der Waals surface area contributed by atoms with Crippen LogP contribution in [0.3, 0.4) is 0 Å². The van der Waals surface area contributed by atoms with Gasteiger partial charge in [-0.15, -0.1) is 0 Å². The van der Waals surface area contributed by atoms with Crippen LogP contribution in [0.1, 0.15) is 12.0 Å². The molecule has 2 heterocycles. The van der Waals surface area contributed by atoms with Crippen molar-refractivity contribution in [2.24, 2.45) is 4.99 Å². The van der Waals surface area contributed by atoms with Crippen LogP contribution in [0.2, 0.25) is 0 Å². The smallest absolute Gasteiger partial charge is 0.270 e. The van der Waals surface area contributed by atoms with E-state index in [2.05, 4.69) is 22.2 Å². The molecule has 0 spiro atoms. The van der Waals surface area contributed by atoms with Crippen LogP contribution in [-0.2, 0) is 4.79 Å². The Morgan fingerprint density at radius 2 is 2.33 bits per heavy atom. The molecule has 1 aromatic carbocycles. The Labute approximate surface area is 104 Å². The largest absolute Gasteiger partial charge is 0.376 e. The third-order valence-corrected chi connectivity index (χ3v) is 3.14. The van der Waals surface area contributed by atoms with Crippen molar-refractivity contribution in [2.45, 2.75) is 12.0 Å². The van der Waals surface area contributed by atoms with Gasteiger partial charge in [-0.3, -0.25) is 4.79 Å². The molecule has 0 aromatic heterocycles. The Hall–Kier alpha value is -1.96. The normalized spacial score (nSPS) is 24.8. The summed E-state index contributed by atoms with van der Waals surface area (Å²) >= 11 is 0. The number of nitrogens with zero attached hydrogens (tertiary/aromatic N) is 1. The lowest BCUT2D eigenvalue weighted by Crippen LogP contribution is -2.29. The first-order chi connectivity index (χ1) is 8.66. The molecule has 3 rings (SSSR count). The fourth-order valence-corrected chi connectivity index (χ4v) is 2.15. The zero-order valence-corrected chi connectivity index (χ0v) is 9.73. The monoisotopic (exact) mass is 240 g/mol. The number of hydrogen-bond donors (Lipinski definition) is 2. The van der Waals surface area contributed by atoms with Crippen molar-refractivity contribution < 1.29 is 9.90 Å². The molecular weight excluding hydrogens is 228 g/mol. The SMILES string of the molecule is O=C1C=c2c(C#CC3(O)CCNC3)cccc2=N1. The van der Waals surface area contributed by atoms with Crippen molar-refractivity contribution in [1.82, 2.24) is 5.32 Å². The first-order valence-corrected chi connectivity index (χ1v) is 5.86. The first kappa shape index (κ1) is 11.1. The molecule has 1 amide bonds. The highest BCUT2D eigenvalue weighted by Crippen LogP contribution is 2.12. The molecule has 2 aliphatic rings. The topological polar surface area (TPSA) is 61.7 Å². The Bertz CT molecular complexity index is 689. The van der Waals surface area contributed by atoms with Crippen molar-refractivity contribution >= 4 is 12.0 Å². The Kier molecular flexibility index (Phi) is 2.51. The predicted octanol–water partition coefficient (Wildman–Crippen LogP) is -1.30. The molecule has 4 nitrogen and oxygen atoms in total. The highest BCUT2D eigenvalue weighted by molar-refractivity contribution is 6.06. The van der Waals surface area contributed by atoms with Crippen LogP contribution < -0.4 is 15.9 Å². The Balaban J connectivity index is 2.05. The Morgan fingerprint density at radius 1 is 1.44 bits per heavy atom. The molecule has 90 valence electrons. The van der Waals surface area contributed by atoms with Crippen molar-refractivity contribution in [1.29, 1.82) is 0 Å². The van der Waals surface area contributed by atoms with Crippen LogP contribution >= 0.6 is 0 Å². The van der Waals surface area contributed by atoms with Crippen LogP contribution in [0.25, 0.3) is 6.08 Å². The molecule has 1 aromatic rings. The summed E-state index contributed by atoms with van der Waals surface area (Å²) in [4.78, 5) is 15.1. The van der Waals surface area contributed by atoms with Crippen molar-refractivity contribution in [3.8, 4) is 11.8 Å². The van der Waals surface area contributed by atoms with E-state index in [4.69, 9.17) is 0 Å². The zero-order valence-electron chi connectivity index (χ0n) is 9.73. The summed E-state index contributed by atoms with van der Waals surface area (Å²) in [6.45, 7) is 1.26. The van der Waals surface area contributed by atoms with E-state index < -0.39 is 5.60 Å². The second-order valence-electron chi connectivity index (χ2n) is 4.54. The molecule has 18 heavy (non-hydrogen) atoms. The number of carbonyl (C=O) groups excluding carboxylic acids is 1. The predicted molar refractivity (Wildman–Crippen MR) is 66.0 cm³/mol. The van der Waals surface area contributed by atoms with Crippen LogP contribution in [0, 0.1) is 11.8 Å². The minimum atomic E-state index is -0.956. The van der Waals surface area contributed by atoms with E-state index in [1.54, 1.807) is 6.07 Å². The minimum Gasteiger partial charge on any atom is -0.376 e. The zero-order chi connectivity index (χ0) is 12.6. The third kappa shape index (κ3) is 1.94. The maximum Gasteiger partial charge on any atom is 0.270 e. The second kappa shape index (κ2) is 4.05. The van der Waals surface area contributed by atoms with E-state index >= 15 is 0 Å². The molecule has 2 N–H and O–H groups in total. The van der Waals surface area contributed by atoms with Crippen molar-refractivity contribution in [3.63, 3.8) is 0 Å². The fraction of sp³-hybridized carbons (Fsp3) is 0.286. The molecule has 1 atom stereocenters. The number of amides is 1. The average molecular weight is 240 g/mol. The third-order valence-electron chi connectivity index (χ3n) is 3.14. The molecule has 1 unspecified atom stereocenters. The van der Waals surface area contributed by atoms with Gasteiger partial charge in [-0.1, -0.05) is 17.9 Å². The minimum absolute atomic E-state index is 0.250. The van der Waals surface area contributed by atoms with Gasteiger partial charge in [0.2, 0.25) is 0 Å². The van der Waals surface area contributed by atoms with E-state index in [-0.39, 0.29) is 5.91 Å². The van der Waals surface area contributed by atoms with Crippen molar-refractivity contribution in [3.05, 3.63) is 34.3 Å². The van der Waals surface area contributed by atoms with Crippen LogP contribution in [0.5, 0.6) is 0 Å². The average Bonchev–Trinajstić information content (AvgIpc) is 2.92. The molecule has 0 saturated carbocycles. The standard InChI is InChI=1S/C14H12N2O2/c17-13-8-11-10(2-1-3-12(11)16-13)4-5-14(18)6-7-15-9-14/h1-3,8,15,18H,6-7,9H2. The van der Waals surface area contributed by atoms with Gasteiger partial charge in [-0.05, 0) is 18.7 Å². The van der Waals surface area contributed by atoms with Gasteiger partial charge in [-0.2, -0.15) is 0 Å². The number of benzene rings is 1. The molecular formula is C14H12N2O2. The summed E-state index contributed by atoms with van der Waals surface area (Å²) in [5.41, 5.74) is -0.218. The van der Waals surface area contributed by atoms with Gasteiger partial charge in [-0.25, -0.2) is 4.99 Å². The second-order valence-corrected chi connectivity index (χ2v) is 4.54. The first-order valence-electron chi connectivity index (χ1n) is 5.86. The van der Waals surface area contributed by atoms with E-state index in [1.165, 1.54) is 6.08 Å². The number of carbonyl (C=O) groups is 1. The van der Waals surface area contributed by atoms with E-state index in [9.17, 15) is 9.90 Å². The Morgan fingerprint density at radius 3 is 3.11 bits per heavy atom. The van der Waals surface area contributed by atoms with Gasteiger partial charge < -0.3 is 10.4 Å². The lowest BCUT2D eigenvalue weighted by Gasteiger charge is -2.11. The molecule has 4 heteroatoms. The quantitative estimate of drug-likeness (QED) is 0.554. The van der Waals surface area contributed by atoms with Gasteiger partial charge in [0.15, 0.2) is 0 Å². The summed E-state index contributed by atoms with van der Waals surface area (Å²) < 4.78 is 0. The van der Waals surface area contributed by atoms with Crippen LogP contribution in [-0.4, -0.2) is 29.7 Å². The molecule has 2 aliphatic heterocycles. The number of nitrogens with one attached hydrogen (secondary N) is 1. The van der Waals surface area contributed by atoms with Crippen molar-refractivity contribution in [2.75, 3.05) is 13.1 Å². The van der Waals surface area contributed by atoms with Crippen LogP contribution in [0.4, 0.5) is 0 Å². The van der Waals surface area contributed by atoms with Gasteiger partial charge in [0.25, 0.3) is 5.91 Å². The highest BCUT2D eigenvalue weighted by atomic mass is 16.3. The number of β-amino-alcohol motifs (C(OH)–C–C–N with tert-alkyl or cyclic N) is 1. The van der Waals surface area contributed by atoms with E-state index in [0.717, 1.165) is 17.3 Å². The summed E-state index contributed by atoms with van der Waals surface area (Å²) in [6, 6.07) is 5.44. The number of fused-ring (bicyclic) bond motifs is 1. The lowest BCUT2D eigenvalue weighted by molar-refractivity contribution is -0.112. The summed E-state index contributed by atoms with van der Waals surface area (Å²) in [5, 5.41) is 14.6. The maximum absolute atomic E-state index is 11.2. The molecule has 0 radical (unpaired) electrons. The summed E-state index contributed by atoms with van der Waals surface area (Å²) in [6.07, 6.45) is 2.11. The molecule has 1 saturated heterocycles. The molecule has 1 fully saturated rings. The highest BCUT2D eigenvalue weighted by Gasteiger charge is 2.28.